The zero-order valence-corrected chi connectivity index (χ0v) is 18.0. The Hall–Kier alpha value is -4.07. The predicted octanol–water partition coefficient (Wildman–Crippen LogP) is 2.77. The van der Waals surface area contributed by atoms with Crippen LogP contribution in [-0.4, -0.2) is 62.8 Å². The van der Waals surface area contributed by atoms with Crippen LogP contribution >= 0.6 is 0 Å². The number of pyridine rings is 2. The van der Waals surface area contributed by atoms with Crippen molar-refractivity contribution in [2.75, 3.05) is 24.5 Å². The normalized spacial score (nSPS) is 20.5. The van der Waals surface area contributed by atoms with Crippen molar-refractivity contribution < 1.29 is 14.4 Å². The summed E-state index contributed by atoms with van der Waals surface area (Å²) in [6.07, 6.45) is 5.42. The summed E-state index contributed by atoms with van der Waals surface area (Å²) in [5.41, 5.74) is 0.690. The summed E-state index contributed by atoms with van der Waals surface area (Å²) < 4.78 is 0. The van der Waals surface area contributed by atoms with E-state index < -0.39 is 5.54 Å². The molecule has 33 heavy (non-hydrogen) atoms. The second-order valence-electron chi connectivity index (χ2n) is 8.24. The van der Waals surface area contributed by atoms with Crippen molar-refractivity contribution in [2.45, 2.75) is 18.4 Å². The minimum atomic E-state index is -1.08. The van der Waals surface area contributed by atoms with Crippen LogP contribution in [0, 0.1) is 0 Å². The van der Waals surface area contributed by atoms with Crippen molar-refractivity contribution >= 4 is 23.5 Å². The van der Waals surface area contributed by atoms with Gasteiger partial charge in [0.1, 0.15) is 11.2 Å². The smallest absolute Gasteiger partial charge is 0.332 e. The lowest BCUT2D eigenvalue weighted by Gasteiger charge is -2.33. The van der Waals surface area contributed by atoms with E-state index in [1.54, 1.807) is 52.5 Å². The van der Waals surface area contributed by atoms with E-state index in [0.29, 0.717) is 37.3 Å². The van der Waals surface area contributed by atoms with Crippen LogP contribution in [0.5, 0.6) is 0 Å². The Bertz CT molecular complexity index is 1170. The van der Waals surface area contributed by atoms with Crippen LogP contribution in [0.15, 0.2) is 79.3 Å². The molecule has 2 fully saturated rings. The fourth-order valence-electron chi connectivity index (χ4n) is 4.68. The number of carbonyl (C=O) groups is 3. The maximum Gasteiger partial charge on any atom is 0.332 e. The topological polar surface area (TPSA) is 86.7 Å². The van der Waals surface area contributed by atoms with Gasteiger partial charge in [-0.15, -0.1) is 0 Å². The first kappa shape index (κ1) is 20.8. The highest BCUT2D eigenvalue weighted by Crippen LogP contribution is 2.38. The number of hydrogen-bond acceptors (Lipinski definition) is 5. The van der Waals surface area contributed by atoms with Crippen LogP contribution in [0.4, 0.5) is 10.5 Å². The molecular weight excluding hydrogens is 418 g/mol. The third-order valence-electron chi connectivity index (χ3n) is 6.34. The molecule has 5 rings (SSSR count). The summed E-state index contributed by atoms with van der Waals surface area (Å²) in [6.45, 7) is 0.928. The number of nitrogens with zero attached hydrogens (tertiary/aromatic N) is 5. The molecule has 0 spiro atoms. The van der Waals surface area contributed by atoms with Crippen molar-refractivity contribution in [1.82, 2.24) is 19.8 Å². The standard InChI is InChI=1S/C25H23N5O3/c31-22(21-10-4-5-13-27-21)28-14-11-25(17-19-7-2-1-3-8-19)23(32)30(20-9-6-12-26-18-20)24(33)29(25)16-15-28/h1-10,12-13,18H,11,14-17H2. The molecule has 1 unspecified atom stereocenters. The van der Waals surface area contributed by atoms with Gasteiger partial charge in [0.05, 0.1) is 11.9 Å². The van der Waals surface area contributed by atoms with Gasteiger partial charge in [0.2, 0.25) is 0 Å². The lowest BCUT2D eigenvalue weighted by molar-refractivity contribution is -0.125. The zero-order chi connectivity index (χ0) is 22.8. The Morgan fingerprint density at radius 3 is 2.45 bits per heavy atom. The first-order valence-electron chi connectivity index (χ1n) is 10.9. The lowest BCUT2D eigenvalue weighted by atomic mass is 9.86. The van der Waals surface area contributed by atoms with Crippen molar-refractivity contribution in [2.24, 2.45) is 0 Å². The van der Waals surface area contributed by atoms with Crippen LogP contribution in [0.3, 0.4) is 0 Å². The third-order valence-corrected chi connectivity index (χ3v) is 6.34. The van der Waals surface area contributed by atoms with Crippen LogP contribution in [0.2, 0.25) is 0 Å². The van der Waals surface area contributed by atoms with Gasteiger partial charge in [0.15, 0.2) is 0 Å². The summed E-state index contributed by atoms with van der Waals surface area (Å²) in [5.74, 6) is -0.480. The predicted molar refractivity (Wildman–Crippen MR) is 121 cm³/mol. The monoisotopic (exact) mass is 441 g/mol. The number of benzene rings is 1. The number of hydrogen-bond donors (Lipinski definition) is 0. The molecule has 0 bridgehead atoms. The third kappa shape index (κ3) is 3.63. The molecule has 2 saturated heterocycles. The highest BCUT2D eigenvalue weighted by Gasteiger charge is 2.58. The Morgan fingerprint density at radius 1 is 0.909 bits per heavy atom. The molecule has 1 atom stereocenters. The molecular formula is C25H23N5O3. The van der Waals surface area contributed by atoms with Gasteiger partial charge < -0.3 is 9.80 Å². The first-order chi connectivity index (χ1) is 16.1. The molecule has 1 aromatic carbocycles. The van der Waals surface area contributed by atoms with E-state index in [1.807, 2.05) is 30.3 Å². The van der Waals surface area contributed by atoms with E-state index in [1.165, 1.54) is 11.1 Å². The van der Waals surface area contributed by atoms with Gasteiger partial charge in [0, 0.05) is 38.4 Å². The maximum atomic E-state index is 13.9. The number of fused-ring (bicyclic) bond motifs is 1. The van der Waals surface area contributed by atoms with Gasteiger partial charge in [-0.25, -0.2) is 9.69 Å². The van der Waals surface area contributed by atoms with Gasteiger partial charge in [0.25, 0.3) is 11.8 Å². The average Bonchev–Trinajstić information content (AvgIpc) is 2.97. The lowest BCUT2D eigenvalue weighted by Crippen LogP contribution is -2.51. The van der Waals surface area contributed by atoms with Crippen LogP contribution in [0.1, 0.15) is 22.5 Å². The van der Waals surface area contributed by atoms with Crippen molar-refractivity contribution in [3.63, 3.8) is 0 Å². The Balaban J connectivity index is 1.50. The van der Waals surface area contributed by atoms with Gasteiger partial charge in [-0.2, -0.15) is 0 Å². The minimum Gasteiger partial charge on any atom is -0.335 e. The van der Waals surface area contributed by atoms with Gasteiger partial charge in [-0.05, 0) is 36.2 Å². The minimum absolute atomic E-state index is 0.198. The number of rotatable bonds is 4. The van der Waals surface area contributed by atoms with Crippen molar-refractivity contribution in [1.29, 1.82) is 0 Å². The summed E-state index contributed by atoms with van der Waals surface area (Å²) in [5, 5.41) is 0. The molecule has 0 N–H and O–H groups in total. The SMILES string of the molecule is O=C(c1ccccn1)N1CCN2C(=O)N(c3cccnc3)C(=O)C2(Cc2ccccc2)CC1. The van der Waals surface area contributed by atoms with Crippen LogP contribution in [-0.2, 0) is 11.2 Å². The fourth-order valence-corrected chi connectivity index (χ4v) is 4.68. The van der Waals surface area contributed by atoms with Crippen molar-refractivity contribution in [3.8, 4) is 0 Å². The van der Waals surface area contributed by atoms with Crippen LogP contribution in [0.25, 0.3) is 0 Å². The molecule has 0 aliphatic carbocycles. The van der Waals surface area contributed by atoms with Gasteiger partial charge >= 0.3 is 6.03 Å². The molecule has 8 heteroatoms. The summed E-state index contributed by atoms with van der Waals surface area (Å²) in [4.78, 5) is 53.3. The van der Waals surface area contributed by atoms with E-state index in [4.69, 9.17) is 0 Å². The molecule has 2 aromatic heterocycles. The molecule has 4 heterocycles. The Labute approximate surface area is 191 Å². The largest absolute Gasteiger partial charge is 0.335 e. The van der Waals surface area contributed by atoms with Crippen molar-refractivity contribution in [3.05, 3.63) is 90.5 Å². The fraction of sp³-hybridized carbons (Fsp3) is 0.240. The summed E-state index contributed by atoms with van der Waals surface area (Å²) in [7, 11) is 0. The van der Waals surface area contributed by atoms with E-state index in [-0.39, 0.29) is 24.4 Å². The highest BCUT2D eigenvalue weighted by molar-refractivity contribution is 6.23. The maximum absolute atomic E-state index is 13.9. The Kier molecular flexibility index (Phi) is 5.34. The molecule has 3 aromatic rings. The number of carbonyl (C=O) groups excluding carboxylic acids is 3. The van der Waals surface area contributed by atoms with Crippen LogP contribution < -0.4 is 4.90 Å². The molecule has 166 valence electrons. The molecule has 0 saturated carbocycles. The molecule has 0 radical (unpaired) electrons. The average molecular weight is 441 g/mol. The van der Waals surface area contributed by atoms with E-state index in [0.717, 1.165) is 5.56 Å². The Morgan fingerprint density at radius 2 is 1.73 bits per heavy atom. The number of urea groups is 1. The number of anilines is 1. The van der Waals surface area contributed by atoms with E-state index in [9.17, 15) is 14.4 Å². The molecule has 2 aliphatic heterocycles. The second-order valence-corrected chi connectivity index (χ2v) is 8.24. The molecule has 8 nitrogen and oxygen atoms in total. The first-order valence-corrected chi connectivity index (χ1v) is 10.9. The summed E-state index contributed by atoms with van der Waals surface area (Å²) in [6, 6.07) is 17.9. The van der Waals surface area contributed by atoms with Gasteiger partial charge in [-0.1, -0.05) is 36.4 Å². The highest BCUT2D eigenvalue weighted by atomic mass is 16.2. The quantitative estimate of drug-likeness (QED) is 0.581. The number of aromatic nitrogens is 2. The zero-order valence-electron chi connectivity index (χ0n) is 18.0. The van der Waals surface area contributed by atoms with E-state index in [2.05, 4.69) is 9.97 Å². The second kappa shape index (κ2) is 8.46. The summed E-state index contributed by atoms with van der Waals surface area (Å²) >= 11 is 0. The molecule has 4 amide bonds. The number of amides is 4. The van der Waals surface area contributed by atoms with Gasteiger partial charge in [-0.3, -0.25) is 19.6 Å². The number of imide groups is 1. The van der Waals surface area contributed by atoms with E-state index >= 15 is 0 Å². The molecule has 2 aliphatic rings.